The Morgan fingerprint density at radius 3 is 2.32 bits per heavy atom. The molecule has 0 aliphatic carbocycles. The number of hydrogen-bond donors (Lipinski definition) is 1. The van der Waals surface area contributed by atoms with E-state index in [2.05, 4.69) is 5.32 Å². The lowest BCUT2D eigenvalue weighted by molar-refractivity contribution is 0.212. The van der Waals surface area contributed by atoms with Crippen LogP contribution in [0, 0.1) is 17.5 Å². The van der Waals surface area contributed by atoms with Crippen molar-refractivity contribution in [1.29, 1.82) is 0 Å². The molecule has 0 aromatic heterocycles. The van der Waals surface area contributed by atoms with Crippen molar-refractivity contribution < 1.29 is 18.0 Å². The zero-order chi connectivity index (χ0) is 16.1. The predicted octanol–water partition coefficient (Wildman–Crippen LogP) is 4.16. The minimum atomic E-state index is -0.852. The van der Waals surface area contributed by atoms with Gasteiger partial charge in [0.2, 0.25) is 0 Å². The third-order valence-corrected chi connectivity index (χ3v) is 3.13. The van der Waals surface area contributed by atoms with E-state index in [1.54, 1.807) is 13.0 Å². The molecule has 6 heteroatoms. The number of para-hydroxylation sites is 1. The van der Waals surface area contributed by atoms with Crippen molar-refractivity contribution in [2.75, 3.05) is 11.9 Å². The lowest BCUT2D eigenvalue weighted by Crippen LogP contribution is -2.34. The first-order valence-electron chi connectivity index (χ1n) is 6.75. The molecule has 0 spiro atoms. The predicted molar refractivity (Wildman–Crippen MR) is 77.9 cm³/mol. The number of nitrogens with zero attached hydrogens (tertiary/aromatic N) is 1. The van der Waals surface area contributed by atoms with E-state index in [1.807, 2.05) is 0 Å². The molecular weight excluding hydrogens is 293 g/mol. The molecule has 0 fully saturated rings. The molecule has 116 valence electrons. The first-order valence-corrected chi connectivity index (χ1v) is 6.75. The Balaban J connectivity index is 2.12. The van der Waals surface area contributed by atoms with Crippen LogP contribution >= 0.6 is 0 Å². The van der Waals surface area contributed by atoms with E-state index in [9.17, 15) is 18.0 Å². The summed E-state index contributed by atoms with van der Waals surface area (Å²) in [5, 5.41) is 2.21. The van der Waals surface area contributed by atoms with Gasteiger partial charge in [0.1, 0.15) is 23.1 Å². The molecule has 0 unspecified atom stereocenters. The summed E-state index contributed by atoms with van der Waals surface area (Å²) in [5.41, 5.74) is 0.0937. The Labute approximate surface area is 126 Å². The van der Waals surface area contributed by atoms with Crippen LogP contribution in [0.15, 0.2) is 42.5 Å². The molecule has 2 rings (SSSR count). The molecule has 0 aliphatic heterocycles. The van der Waals surface area contributed by atoms with Crippen LogP contribution in [-0.4, -0.2) is 17.5 Å². The second kappa shape index (κ2) is 6.98. The van der Waals surface area contributed by atoms with E-state index < -0.39 is 29.2 Å². The molecule has 2 aromatic carbocycles. The summed E-state index contributed by atoms with van der Waals surface area (Å²) < 4.78 is 40.2. The van der Waals surface area contributed by atoms with Crippen molar-refractivity contribution in [3.8, 4) is 0 Å². The molecule has 0 aliphatic rings. The second-order valence-electron chi connectivity index (χ2n) is 4.67. The molecule has 2 amide bonds. The molecule has 22 heavy (non-hydrogen) atoms. The van der Waals surface area contributed by atoms with E-state index in [0.29, 0.717) is 12.1 Å². The van der Waals surface area contributed by atoms with E-state index in [0.717, 1.165) is 12.1 Å². The molecule has 2 aromatic rings. The van der Waals surface area contributed by atoms with Crippen molar-refractivity contribution in [3.05, 3.63) is 65.5 Å². The van der Waals surface area contributed by atoms with Crippen molar-refractivity contribution in [2.24, 2.45) is 0 Å². The fraction of sp³-hybridized carbons (Fsp3) is 0.188. The smallest absolute Gasteiger partial charge is 0.320 e. The first kappa shape index (κ1) is 15.9. The average Bonchev–Trinajstić information content (AvgIpc) is 2.48. The van der Waals surface area contributed by atoms with Crippen LogP contribution in [0.3, 0.4) is 0 Å². The lowest BCUT2D eigenvalue weighted by Gasteiger charge is -2.22. The molecule has 0 bridgehead atoms. The highest BCUT2D eigenvalue weighted by Gasteiger charge is 2.17. The van der Waals surface area contributed by atoms with Crippen molar-refractivity contribution in [2.45, 2.75) is 13.5 Å². The van der Waals surface area contributed by atoms with Gasteiger partial charge in [0.25, 0.3) is 0 Å². The molecular formula is C16H15F3N2O. The van der Waals surface area contributed by atoms with Crippen LogP contribution in [0.1, 0.15) is 12.5 Å². The maximum absolute atomic E-state index is 13.5. The third-order valence-electron chi connectivity index (χ3n) is 3.13. The molecule has 0 saturated carbocycles. The summed E-state index contributed by atoms with van der Waals surface area (Å²) in [5.74, 6) is -2.11. The Morgan fingerprint density at radius 2 is 1.73 bits per heavy atom. The number of urea groups is 1. The normalized spacial score (nSPS) is 10.4. The van der Waals surface area contributed by atoms with Crippen LogP contribution < -0.4 is 5.32 Å². The third kappa shape index (κ3) is 3.78. The molecule has 0 heterocycles. The van der Waals surface area contributed by atoms with Gasteiger partial charge in [0.15, 0.2) is 0 Å². The van der Waals surface area contributed by atoms with E-state index in [1.165, 1.54) is 29.2 Å². The molecule has 3 nitrogen and oxygen atoms in total. The monoisotopic (exact) mass is 308 g/mol. The van der Waals surface area contributed by atoms with E-state index in [4.69, 9.17) is 0 Å². The van der Waals surface area contributed by atoms with Gasteiger partial charge in [0, 0.05) is 13.1 Å². The number of carbonyl (C=O) groups is 1. The van der Waals surface area contributed by atoms with Crippen LogP contribution in [0.25, 0.3) is 0 Å². The van der Waals surface area contributed by atoms with Gasteiger partial charge in [-0.1, -0.05) is 18.2 Å². The Hall–Kier alpha value is -2.50. The van der Waals surface area contributed by atoms with E-state index in [-0.39, 0.29) is 6.54 Å². The van der Waals surface area contributed by atoms with E-state index >= 15 is 0 Å². The van der Waals surface area contributed by atoms with Gasteiger partial charge in [-0.05, 0) is 36.8 Å². The average molecular weight is 308 g/mol. The summed E-state index contributed by atoms with van der Waals surface area (Å²) in [6.07, 6.45) is 0. The Morgan fingerprint density at radius 1 is 1.09 bits per heavy atom. The second-order valence-corrected chi connectivity index (χ2v) is 4.67. The molecule has 1 N–H and O–H groups in total. The van der Waals surface area contributed by atoms with Gasteiger partial charge in [-0.3, -0.25) is 0 Å². The summed E-state index contributed by atoms with van der Waals surface area (Å²) in [7, 11) is 0. The maximum Gasteiger partial charge on any atom is 0.322 e. The number of halogens is 3. The summed E-state index contributed by atoms with van der Waals surface area (Å²) in [6, 6.07) is 8.48. The molecule has 0 saturated heterocycles. The summed E-state index contributed by atoms with van der Waals surface area (Å²) >= 11 is 0. The van der Waals surface area contributed by atoms with Crippen molar-refractivity contribution in [3.63, 3.8) is 0 Å². The standard InChI is InChI=1S/C16H15F3N2O/c1-2-21(10-11-5-3-6-12(17)9-11)16(22)20-15-13(18)7-4-8-14(15)19/h3-9H,2,10H2,1H3,(H,20,22). The number of benzene rings is 2. The zero-order valence-corrected chi connectivity index (χ0v) is 11.9. The Bertz CT molecular complexity index is 656. The fourth-order valence-corrected chi connectivity index (χ4v) is 1.99. The minimum absolute atomic E-state index is 0.135. The number of rotatable bonds is 4. The largest absolute Gasteiger partial charge is 0.322 e. The van der Waals surface area contributed by atoms with Crippen LogP contribution in [0.5, 0.6) is 0 Å². The molecule has 0 atom stereocenters. The highest BCUT2D eigenvalue weighted by Crippen LogP contribution is 2.19. The number of nitrogens with one attached hydrogen (secondary N) is 1. The van der Waals surface area contributed by atoms with Gasteiger partial charge < -0.3 is 10.2 Å². The van der Waals surface area contributed by atoms with Gasteiger partial charge in [-0.25, -0.2) is 18.0 Å². The highest BCUT2D eigenvalue weighted by molar-refractivity contribution is 5.89. The van der Waals surface area contributed by atoms with Gasteiger partial charge >= 0.3 is 6.03 Å². The SMILES string of the molecule is CCN(Cc1cccc(F)c1)C(=O)Nc1c(F)cccc1F. The van der Waals surface area contributed by atoms with Crippen LogP contribution in [0.2, 0.25) is 0 Å². The van der Waals surface area contributed by atoms with Crippen LogP contribution in [0.4, 0.5) is 23.7 Å². The zero-order valence-electron chi connectivity index (χ0n) is 11.9. The van der Waals surface area contributed by atoms with Gasteiger partial charge in [-0.15, -0.1) is 0 Å². The fourth-order valence-electron chi connectivity index (χ4n) is 1.99. The number of anilines is 1. The van der Waals surface area contributed by atoms with Crippen molar-refractivity contribution >= 4 is 11.7 Å². The Kier molecular flexibility index (Phi) is 5.04. The first-order chi connectivity index (χ1) is 10.5. The summed E-state index contributed by atoms with van der Waals surface area (Å²) in [6.45, 7) is 2.16. The summed E-state index contributed by atoms with van der Waals surface area (Å²) in [4.78, 5) is 13.4. The topological polar surface area (TPSA) is 32.3 Å². The minimum Gasteiger partial charge on any atom is -0.320 e. The van der Waals surface area contributed by atoms with Crippen molar-refractivity contribution in [1.82, 2.24) is 4.90 Å². The quantitative estimate of drug-likeness (QED) is 0.904. The van der Waals surface area contributed by atoms with Gasteiger partial charge in [0.05, 0.1) is 0 Å². The number of carbonyl (C=O) groups excluding carboxylic acids is 1. The molecule has 0 radical (unpaired) electrons. The highest BCUT2D eigenvalue weighted by atomic mass is 19.1. The number of amides is 2. The van der Waals surface area contributed by atoms with Gasteiger partial charge in [-0.2, -0.15) is 0 Å². The van der Waals surface area contributed by atoms with Crippen LogP contribution in [-0.2, 0) is 6.54 Å². The number of hydrogen-bond acceptors (Lipinski definition) is 1. The maximum atomic E-state index is 13.5. The lowest BCUT2D eigenvalue weighted by atomic mass is 10.2.